The summed E-state index contributed by atoms with van der Waals surface area (Å²) in [4.78, 5) is 21.9. The normalized spacial score (nSPS) is 24.2. The Balaban J connectivity index is 1.10. The Morgan fingerprint density at radius 2 is 2.06 bits per heavy atom. The van der Waals surface area contributed by atoms with Crippen molar-refractivity contribution in [2.75, 3.05) is 5.32 Å². The average molecular weight is 479 g/mol. The van der Waals surface area contributed by atoms with Gasteiger partial charge in [-0.1, -0.05) is 18.5 Å². The standard InChI is InChI=1S/C26H24ClFN4O2/c1-2-17(26(33)31-23-13-32-12-14(27)3-6-24(32)30-23)25-18-10-16(11-19(18)25)34-22-7-8-29-21-5-4-15(28)9-20(21)22/h3-9,12-13,16-19,25H,2,10-11H2,1H3,(H,31,33)/t16?,17?,18-,19+,25+. The average Bonchev–Trinajstić information content (AvgIpc) is 3.13. The van der Waals surface area contributed by atoms with Crippen LogP contribution in [0, 0.1) is 29.5 Å². The minimum atomic E-state index is -0.301. The Morgan fingerprint density at radius 3 is 2.85 bits per heavy atom. The van der Waals surface area contributed by atoms with Gasteiger partial charge in [0.25, 0.3) is 0 Å². The Hall–Kier alpha value is -3.19. The maximum atomic E-state index is 13.8. The molecule has 0 aliphatic heterocycles. The fourth-order valence-electron chi connectivity index (χ4n) is 5.79. The molecule has 2 saturated carbocycles. The Labute approximate surface area is 201 Å². The molecule has 2 aliphatic carbocycles. The van der Waals surface area contributed by atoms with Gasteiger partial charge in [-0.2, -0.15) is 0 Å². The molecule has 1 N–H and O–H groups in total. The molecule has 34 heavy (non-hydrogen) atoms. The molecule has 2 unspecified atom stereocenters. The van der Waals surface area contributed by atoms with Crippen LogP contribution in [0.3, 0.4) is 0 Å². The van der Waals surface area contributed by atoms with Crippen LogP contribution in [0.1, 0.15) is 26.2 Å². The zero-order chi connectivity index (χ0) is 23.4. The van der Waals surface area contributed by atoms with Crippen LogP contribution in [-0.2, 0) is 4.79 Å². The quantitative estimate of drug-likeness (QED) is 0.383. The molecule has 2 fully saturated rings. The number of fused-ring (bicyclic) bond motifs is 3. The van der Waals surface area contributed by atoms with Crippen molar-refractivity contribution in [3.05, 3.63) is 65.8 Å². The summed E-state index contributed by atoms with van der Waals surface area (Å²) >= 11 is 6.04. The van der Waals surface area contributed by atoms with Crippen molar-refractivity contribution >= 4 is 39.9 Å². The molecule has 0 saturated heterocycles. The number of nitrogens with one attached hydrogen (secondary N) is 1. The number of amides is 1. The number of hydrogen-bond donors (Lipinski definition) is 1. The fourth-order valence-corrected chi connectivity index (χ4v) is 5.95. The molecule has 174 valence electrons. The number of ether oxygens (including phenoxy) is 1. The second kappa shape index (κ2) is 8.24. The summed E-state index contributed by atoms with van der Waals surface area (Å²) in [5.41, 5.74) is 1.46. The smallest absolute Gasteiger partial charge is 0.228 e. The van der Waals surface area contributed by atoms with Gasteiger partial charge in [-0.15, -0.1) is 0 Å². The summed E-state index contributed by atoms with van der Waals surface area (Å²) in [6.07, 6.45) is 7.91. The number of benzene rings is 1. The van der Waals surface area contributed by atoms with E-state index in [9.17, 15) is 9.18 Å². The van der Waals surface area contributed by atoms with E-state index in [4.69, 9.17) is 16.3 Å². The third-order valence-corrected chi connectivity index (χ3v) is 7.56. The Bertz CT molecular complexity index is 1390. The van der Waals surface area contributed by atoms with Gasteiger partial charge in [0, 0.05) is 23.7 Å². The number of pyridine rings is 2. The molecule has 1 aromatic carbocycles. The van der Waals surface area contributed by atoms with Crippen LogP contribution >= 0.6 is 11.6 Å². The van der Waals surface area contributed by atoms with Crippen molar-refractivity contribution in [3.63, 3.8) is 0 Å². The van der Waals surface area contributed by atoms with Crippen LogP contribution < -0.4 is 10.1 Å². The van der Waals surface area contributed by atoms with E-state index in [0.29, 0.717) is 39.7 Å². The fraction of sp³-hybridized carbons (Fsp3) is 0.346. The van der Waals surface area contributed by atoms with E-state index in [1.165, 1.54) is 12.1 Å². The third kappa shape index (κ3) is 3.78. The summed E-state index contributed by atoms with van der Waals surface area (Å²) in [6.45, 7) is 2.06. The predicted octanol–water partition coefficient (Wildman–Crippen LogP) is 5.74. The zero-order valence-electron chi connectivity index (χ0n) is 18.6. The molecule has 6 rings (SSSR count). The molecule has 0 bridgehead atoms. The Kier molecular flexibility index (Phi) is 5.17. The highest BCUT2D eigenvalue weighted by Crippen LogP contribution is 2.62. The lowest BCUT2D eigenvalue weighted by Gasteiger charge is -2.21. The number of anilines is 1. The maximum absolute atomic E-state index is 13.8. The van der Waals surface area contributed by atoms with E-state index in [1.54, 1.807) is 41.2 Å². The van der Waals surface area contributed by atoms with Crippen LogP contribution in [0.25, 0.3) is 16.6 Å². The number of halogens is 2. The lowest BCUT2D eigenvalue weighted by atomic mass is 9.93. The second-order valence-corrected chi connectivity index (χ2v) is 9.77. The monoisotopic (exact) mass is 478 g/mol. The first-order valence-electron chi connectivity index (χ1n) is 11.7. The summed E-state index contributed by atoms with van der Waals surface area (Å²) in [5, 5.41) is 4.31. The van der Waals surface area contributed by atoms with E-state index >= 15 is 0 Å². The minimum absolute atomic E-state index is 0.0180. The van der Waals surface area contributed by atoms with E-state index in [2.05, 4.69) is 22.2 Å². The number of nitrogens with zero attached hydrogens (tertiary/aromatic N) is 3. The number of rotatable bonds is 6. The number of imidazole rings is 1. The maximum Gasteiger partial charge on any atom is 0.228 e. The van der Waals surface area contributed by atoms with Crippen molar-refractivity contribution in [3.8, 4) is 5.75 Å². The summed E-state index contributed by atoms with van der Waals surface area (Å²) < 4.78 is 21.8. The van der Waals surface area contributed by atoms with Crippen molar-refractivity contribution in [2.24, 2.45) is 23.7 Å². The van der Waals surface area contributed by atoms with E-state index in [1.807, 2.05) is 6.07 Å². The van der Waals surface area contributed by atoms with Crippen molar-refractivity contribution in [1.82, 2.24) is 14.4 Å². The molecule has 1 amide bonds. The minimum Gasteiger partial charge on any atom is -0.490 e. The highest BCUT2D eigenvalue weighted by atomic mass is 35.5. The van der Waals surface area contributed by atoms with Gasteiger partial charge in [0.1, 0.15) is 17.2 Å². The third-order valence-electron chi connectivity index (χ3n) is 7.33. The van der Waals surface area contributed by atoms with Crippen molar-refractivity contribution in [2.45, 2.75) is 32.3 Å². The van der Waals surface area contributed by atoms with Crippen LogP contribution in [0.15, 0.2) is 55.0 Å². The van der Waals surface area contributed by atoms with E-state index in [0.717, 1.165) is 30.4 Å². The van der Waals surface area contributed by atoms with Gasteiger partial charge >= 0.3 is 0 Å². The molecule has 5 atom stereocenters. The topological polar surface area (TPSA) is 68.5 Å². The van der Waals surface area contributed by atoms with Gasteiger partial charge in [-0.25, -0.2) is 9.37 Å². The second-order valence-electron chi connectivity index (χ2n) is 9.33. The van der Waals surface area contributed by atoms with Gasteiger partial charge in [-0.05, 0) is 73.4 Å². The summed E-state index contributed by atoms with van der Waals surface area (Å²) in [7, 11) is 0. The molecule has 4 aromatic rings. The highest BCUT2D eigenvalue weighted by Gasteiger charge is 2.60. The van der Waals surface area contributed by atoms with Crippen molar-refractivity contribution in [1.29, 1.82) is 0 Å². The largest absolute Gasteiger partial charge is 0.490 e. The van der Waals surface area contributed by atoms with E-state index in [-0.39, 0.29) is 23.7 Å². The first-order chi connectivity index (χ1) is 16.5. The summed E-state index contributed by atoms with van der Waals surface area (Å²) in [6, 6.07) is 9.95. The van der Waals surface area contributed by atoms with Crippen LogP contribution in [0.4, 0.5) is 10.2 Å². The number of carbonyl (C=O) groups is 1. The Morgan fingerprint density at radius 1 is 1.24 bits per heavy atom. The van der Waals surface area contributed by atoms with Gasteiger partial charge in [-0.3, -0.25) is 9.78 Å². The molecule has 0 radical (unpaired) electrons. The molecule has 3 aromatic heterocycles. The van der Waals surface area contributed by atoms with E-state index < -0.39 is 0 Å². The van der Waals surface area contributed by atoms with Gasteiger partial charge in [0.2, 0.25) is 5.91 Å². The van der Waals surface area contributed by atoms with Gasteiger partial charge in [0.05, 0.1) is 22.8 Å². The van der Waals surface area contributed by atoms with Crippen LogP contribution in [0.5, 0.6) is 5.75 Å². The SMILES string of the molecule is CCC(C(=O)Nc1cn2cc(Cl)ccc2n1)[C@H]1[C@@H]2CC(Oc3ccnc4ccc(F)cc34)C[C@@H]21. The lowest BCUT2D eigenvalue weighted by molar-refractivity contribution is -0.121. The molecule has 8 heteroatoms. The van der Waals surface area contributed by atoms with Gasteiger partial charge < -0.3 is 14.5 Å². The molecule has 0 spiro atoms. The molecular formula is C26H24ClFN4O2. The molecular weight excluding hydrogens is 455 g/mol. The predicted molar refractivity (Wildman–Crippen MR) is 128 cm³/mol. The first-order valence-corrected chi connectivity index (χ1v) is 12.0. The van der Waals surface area contributed by atoms with Crippen LogP contribution in [-0.4, -0.2) is 26.4 Å². The molecule has 2 aliphatic rings. The lowest BCUT2D eigenvalue weighted by Crippen LogP contribution is -2.27. The number of aromatic nitrogens is 3. The molecule has 6 nitrogen and oxygen atoms in total. The first kappa shape index (κ1) is 21.4. The number of hydrogen-bond acceptors (Lipinski definition) is 4. The summed E-state index contributed by atoms with van der Waals surface area (Å²) in [5.74, 6) is 2.19. The molecule has 3 heterocycles. The zero-order valence-corrected chi connectivity index (χ0v) is 19.4. The number of carbonyl (C=O) groups excluding carboxylic acids is 1. The highest BCUT2D eigenvalue weighted by molar-refractivity contribution is 6.30. The van der Waals surface area contributed by atoms with Crippen LogP contribution in [0.2, 0.25) is 5.02 Å². The van der Waals surface area contributed by atoms with Gasteiger partial charge in [0.15, 0.2) is 5.82 Å². The van der Waals surface area contributed by atoms with Crippen molar-refractivity contribution < 1.29 is 13.9 Å².